The first-order valence-electron chi connectivity index (χ1n) is 7.40. The van der Waals surface area contributed by atoms with E-state index in [1.807, 2.05) is 11.3 Å². The fourth-order valence-electron chi connectivity index (χ4n) is 2.99. The van der Waals surface area contributed by atoms with Gasteiger partial charge in [-0.2, -0.15) is 0 Å². The Hall–Kier alpha value is -0.840. The maximum atomic E-state index is 5.33. The van der Waals surface area contributed by atoms with Gasteiger partial charge in [-0.1, -0.05) is 6.07 Å². The monoisotopic (exact) mass is 365 g/mol. The summed E-state index contributed by atoms with van der Waals surface area (Å²) in [5.41, 5.74) is 2.89. The Morgan fingerprint density at radius 3 is 3.00 bits per heavy atom. The summed E-state index contributed by atoms with van der Waals surface area (Å²) in [5.74, 6) is 0.970. The number of halogens is 1. The van der Waals surface area contributed by atoms with Gasteiger partial charge >= 0.3 is 0 Å². The van der Waals surface area contributed by atoms with Crippen molar-refractivity contribution in [3.8, 4) is 5.75 Å². The molecule has 0 saturated heterocycles. The molecule has 1 aromatic carbocycles. The zero-order valence-corrected chi connectivity index (χ0v) is 14.6. The number of benzene rings is 1. The van der Waals surface area contributed by atoms with Gasteiger partial charge in [0, 0.05) is 17.5 Å². The summed E-state index contributed by atoms with van der Waals surface area (Å²) in [6.07, 6.45) is 4.75. The van der Waals surface area contributed by atoms with Crippen LogP contribution < -0.4 is 10.1 Å². The normalized spacial score (nSPS) is 17.5. The fraction of sp³-hybridized carbons (Fsp3) is 0.412. The van der Waals surface area contributed by atoms with Gasteiger partial charge in [0.15, 0.2) is 0 Å². The molecule has 2 aromatic rings. The molecule has 0 aliphatic heterocycles. The Bertz CT molecular complexity index is 611. The summed E-state index contributed by atoms with van der Waals surface area (Å²) >= 11 is 5.35. The van der Waals surface area contributed by atoms with E-state index in [1.54, 1.807) is 7.11 Å². The minimum Gasteiger partial charge on any atom is -0.497 e. The van der Waals surface area contributed by atoms with Crippen LogP contribution in [-0.4, -0.2) is 13.7 Å². The number of hydrogen-bond donors (Lipinski definition) is 1. The maximum absolute atomic E-state index is 5.33. The van der Waals surface area contributed by atoms with Crippen LogP contribution in [0.1, 0.15) is 34.9 Å². The van der Waals surface area contributed by atoms with E-state index < -0.39 is 0 Å². The van der Waals surface area contributed by atoms with Crippen LogP contribution in [0.2, 0.25) is 0 Å². The van der Waals surface area contributed by atoms with Crippen LogP contribution in [0, 0.1) is 0 Å². The Balaban J connectivity index is 1.62. The zero-order chi connectivity index (χ0) is 14.7. The van der Waals surface area contributed by atoms with Gasteiger partial charge in [0.25, 0.3) is 0 Å². The molecule has 1 unspecified atom stereocenters. The minimum absolute atomic E-state index is 0.489. The van der Waals surface area contributed by atoms with Crippen molar-refractivity contribution >= 4 is 27.3 Å². The second kappa shape index (κ2) is 6.95. The zero-order valence-electron chi connectivity index (χ0n) is 12.2. The van der Waals surface area contributed by atoms with Crippen molar-refractivity contribution in [2.45, 2.75) is 31.7 Å². The van der Waals surface area contributed by atoms with E-state index in [9.17, 15) is 0 Å². The van der Waals surface area contributed by atoms with E-state index in [1.165, 1.54) is 39.1 Å². The second-order valence-electron chi connectivity index (χ2n) is 5.42. The van der Waals surface area contributed by atoms with E-state index in [2.05, 4.69) is 51.6 Å². The molecule has 1 N–H and O–H groups in total. The molecule has 112 valence electrons. The van der Waals surface area contributed by atoms with Crippen molar-refractivity contribution in [3.63, 3.8) is 0 Å². The lowest BCUT2D eigenvalue weighted by Crippen LogP contribution is -2.26. The standard InChI is InChI=1S/C17H20BrNOS/c1-20-13-5-7-15-12(11-13)3-2-4-16(15)19-10-9-14-6-8-17(18)21-14/h5-8,11,16,19H,2-4,9-10H2,1H3. The molecule has 0 amide bonds. The molecule has 0 spiro atoms. The third kappa shape index (κ3) is 3.68. The van der Waals surface area contributed by atoms with Gasteiger partial charge in [-0.05, 0) is 77.0 Å². The van der Waals surface area contributed by atoms with Crippen LogP contribution in [0.3, 0.4) is 0 Å². The van der Waals surface area contributed by atoms with Crippen molar-refractivity contribution in [2.75, 3.05) is 13.7 Å². The number of fused-ring (bicyclic) bond motifs is 1. The predicted octanol–water partition coefficient (Wildman–Crippen LogP) is 4.73. The Labute approximate surface area is 138 Å². The first-order valence-corrected chi connectivity index (χ1v) is 9.01. The van der Waals surface area contributed by atoms with Crippen LogP contribution >= 0.6 is 27.3 Å². The third-order valence-corrected chi connectivity index (χ3v) is 5.74. The van der Waals surface area contributed by atoms with Gasteiger partial charge < -0.3 is 10.1 Å². The van der Waals surface area contributed by atoms with Crippen molar-refractivity contribution in [3.05, 3.63) is 50.1 Å². The summed E-state index contributed by atoms with van der Waals surface area (Å²) < 4.78 is 6.55. The van der Waals surface area contributed by atoms with E-state index in [0.29, 0.717) is 6.04 Å². The van der Waals surface area contributed by atoms with Gasteiger partial charge in [-0.3, -0.25) is 0 Å². The molecular weight excluding hydrogens is 346 g/mol. The molecule has 3 rings (SSSR count). The summed E-state index contributed by atoms with van der Waals surface area (Å²) in [6.45, 7) is 1.03. The number of hydrogen-bond acceptors (Lipinski definition) is 3. The number of ether oxygens (including phenoxy) is 1. The van der Waals surface area contributed by atoms with Crippen LogP contribution in [0.25, 0.3) is 0 Å². The number of methoxy groups -OCH3 is 1. The molecular formula is C17H20BrNOS. The minimum atomic E-state index is 0.489. The van der Waals surface area contributed by atoms with Crippen molar-refractivity contribution in [2.24, 2.45) is 0 Å². The largest absolute Gasteiger partial charge is 0.497 e. The molecule has 0 saturated carbocycles. The highest BCUT2D eigenvalue weighted by Crippen LogP contribution is 2.32. The number of aryl methyl sites for hydroxylation is 1. The highest BCUT2D eigenvalue weighted by atomic mass is 79.9. The SMILES string of the molecule is COc1ccc2c(c1)CCCC2NCCc1ccc(Br)s1. The van der Waals surface area contributed by atoms with E-state index in [-0.39, 0.29) is 0 Å². The molecule has 1 aliphatic rings. The van der Waals surface area contributed by atoms with Gasteiger partial charge in [0.2, 0.25) is 0 Å². The second-order valence-corrected chi connectivity index (χ2v) is 7.97. The number of rotatable bonds is 5. The number of nitrogens with one attached hydrogen (secondary N) is 1. The molecule has 1 aliphatic carbocycles. The molecule has 0 radical (unpaired) electrons. The smallest absolute Gasteiger partial charge is 0.119 e. The highest BCUT2D eigenvalue weighted by molar-refractivity contribution is 9.11. The Morgan fingerprint density at radius 1 is 1.33 bits per heavy atom. The average molecular weight is 366 g/mol. The summed E-state index contributed by atoms with van der Waals surface area (Å²) in [6, 6.07) is 11.3. The topological polar surface area (TPSA) is 21.3 Å². The predicted molar refractivity (Wildman–Crippen MR) is 92.4 cm³/mol. The van der Waals surface area contributed by atoms with Crippen molar-refractivity contribution < 1.29 is 4.74 Å². The fourth-order valence-corrected chi connectivity index (χ4v) is 4.47. The molecule has 1 heterocycles. The lowest BCUT2D eigenvalue weighted by atomic mass is 9.87. The first-order chi connectivity index (χ1) is 10.3. The van der Waals surface area contributed by atoms with E-state index in [4.69, 9.17) is 4.74 Å². The van der Waals surface area contributed by atoms with Gasteiger partial charge in [-0.15, -0.1) is 11.3 Å². The molecule has 21 heavy (non-hydrogen) atoms. The van der Waals surface area contributed by atoms with Gasteiger partial charge in [0.05, 0.1) is 10.9 Å². The highest BCUT2D eigenvalue weighted by Gasteiger charge is 2.19. The molecule has 2 nitrogen and oxygen atoms in total. The van der Waals surface area contributed by atoms with Gasteiger partial charge in [0.1, 0.15) is 5.75 Å². The third-order valence-electron chi connectivity index (χ3n) is 4.06. The van der Waals surface area contributed by atoms with Crippen LogP contribution in [0.5, 0.6) is 5.75 Å². The summed E-state index contributed by atoms with van der Waals surface area (Å²) in [4.78, 5) is 1.43. The lowest BCUT2D eigenvalue weighted by molar-refractivity contribution is 0.411. The molecule has 1 aromatic heterocycles. The van der Waals surface area contributed by atoms with Gasteiger partial charge in [-0.25, -0.2) is 0 Å². The molecule has 0 bridgehead atoms. The van der Waals surface area contributed by atoms with Crippen molar-refractivity contribution in [1.82, 2.24) is 5.32 Å². The number of thiophene rings is 1. The van der Waals surface area contributed by atoms with Crippen LogP contribution in [0.15, 0.2) is 34.1 Å². The lowest BCUT2D eigenvalue weighted by Gasteiger charge is -2.27. The Morgan fingerprint density at radius 2 is 2.24 bits per heavy atom. The summed E-state index contributed by atoms with van der Waals surface area (Å²) in [5, 5.41) is 3.72. The molecule has 0 fully saturated rings. The van der Waals surface area contributed by atoms with E-state index >= 15 is 0 Å². The van der Waals surface area contributed by atoms with E-state index in [0.717, 1.165) is 18.7 Å². The van der Waals surface area contributed by atoms with Crippen LogP contribution in [-0.2, 0) is 12.8 Å². The molecule has 1 atom stereocenters. The molecule has 4 heteroatoms. The quantitative estimate of drug-likeness (QED) is 0.826. The maximum Gasteiger partial charge on any atom is 0.119 e. The summed E-state index contributed by atoms with van der Waals surface area (Å²) in [7, 11) is 1.74. The van der Waals surface area contributed by atoms with Crippen molar-refractivity contribution in [1.29, 1.82) is 0 Å². The first kappa shape index (κ1) is 15.1. The van der Waals surface area contributed by atoms with Crippen LogP contribution in [0.4, 0.5) is 0 Å². The average Bonchev–Trinajstić information content (AvgIpc) is 2.92. The Kier molecular flexibility index (Phi) is 4.99.